The first-order chi connectivity index (χ1) is 5.72. The van der Waals surface area contributed by atoms with Gasteiger partial charge in [-0.15, -0.1) is 0 Å². The van der Waals surface area contributed by atoms with E-state index in [1.807, 2.05) is 6.07 Å². The lowest BCUT2D eigenvalue weighted by Crippen LogP contribution is -2.00. The fraction of sp³-hybridized carbons (Fsp3) is 0.333. The zero-order valence-corrected chi connectivity index (χ0v) is 9.86. The average Bonchev–Trinajstić information content (AvgIpc) is 1.99. The third kappa shape index (κ3) is 3.25. The third-order valence-electron chi connectivity index (χ3n) is 1.59. The first kappa shape index (κ1) is 10.2. The van der Waals surface area contributed by atoms with E-state index in [1.54, 1.807) is 0 Å². The molecule has 0 atom stereocenters. The summed E-state index contributed by atoms with van der Waals surface area (Å²) in [7, 11) is 0. The highest BCUT2D eigenvalue weighted by Crippen LogP contribution is 2.20. The van der Waals surface area contributed by atoms with Crippen LogP contribution in [0.15, 0.2) is 27.1 Å². The smallest absolute Gasteiger partial charge is 0.0189 e. The number of benzene rings is 1. The molecule has 0 saturated carbocycles. The fourth-order valence-corrected chi connectivity index (χ4v) is 2.45. The molecule has 1 nitrogen and oxygen atoms in total. The number of rotatable bonds is 3. The van der Waals surface area contributed by atoms with E-state index in [2.05, 4.69) is 44.0 Å². The van der Waals surface area contributed by atoms with Crippen molar-refractivity contribution >= 4 is 31.9 Å². The van der Waals surface area contributed by atoms with Crippen LogP contribution in [0.4, 0.5) is 0 Å². The SMILES string of the molecule is NCCCc1cc(Br)cc(Br)c1. The summed E-state index contributed by atoms with van der Waals surface area (Å²) in [5, 5.41) is 0. The molecule has 0 unspecified atom stereocenters. The number of hydrogen-bond donors (Lipinski definition) is 1. The van der Waals surface area contributed by atoms with Crippen molar-refractivity contribution in [3.05, 3.63) is 32.7 Å². The highest BCUT2D eigenvalue weighted by molar-refractivity contribution is 9.11. The van der Waals surface area contributed by atoms with Crippen LogP contribution in [0.25, 0.3) is 0 Å². The van der Waals surface area contributed by atoms with Crippen molar-refractivity contribution in [3.63, 3.8) is 0 Å². The normalized spacial score (nSPS) is 10.2. The number of hydrogen-bond acceptors (Lipinski definition) is 1. The maximum atomic E-state index is 5.43. The van der Waals surface area contributed by atoms with Crippen LogP contribution in [-0.4, -0.2) is 6.54 Å². The van der Waals surface area contributed by atoms with Gasteiger partial charge >= 0.3 is 0 Å². The minimum absolute atomic E-state index is 0.754. The van der Waals surface area contributed by atoms with Gasteiger partial charge in [0.1, 0.15) is 0 Å². The van der Waals surface area contributed by atoms with Crippen molar-refractivity contribution in [1.29, 1.82) is 0 Å². The molecular weight excluding hydrogens is 282 g/mol. The van der Waals surface area contributed by atoms with Crippen LogP contribution in [0, 0.1) is 0 Å². The van der Waals surface area contributed by atoms with Crippen molar-refractivity contribution < 1.29 is 0 Å². The lowest BCUT2D eigenvalue weighted by Gasteiger charge is -2.01. The van der Waals surface area contributed by atoms with E-state index < -0.39 is 0 Å². The molecule has 0 aliphatic carbocycles. The molecule has 12 heavy (non-hydrogen) atoms. The highest BCUT2D eigenvalue weighted by Gasteiger charge is 1.96. The summed E-state index contributed by atoms with van der Waals surface area (Å²) < 4.78 is 2.23. The topological polar surface area (TPSA) is 26.0 Å². The molecule has 66 valence electrons. The van der Waals surface area contributed by atoms with Crippen LogP contribution in [0.2, 0.25) is 0 Å². The summed E-state index contributed by atoms with van der Waals surface area (Å²) in [6, 6.07) is 6.28. The molecule has 0 fully saturated rings. The molecule has 0 bridgehead atoms. The lowest BCUT2D eigenvalue weighted by atomic mass is 10.1. The third-order valence-corrected chi connectivity index (χ3v) is 2.51. The van der Waals surface area contributed by atoms with Crippen LogP contribution in [0.3, 0.4) is 0 Å². The summed E-state index contributed by atoms with van der Waals surface area (Å²) in [6.07, 6.45) is 2.09. The number of aryl methyl sites for hydroxylation is 1. The zero-order valence-electron chi connectivity index (χ0n) is 6.69. The van der Waals surface area contributed by atoms with E-state index in [1.165, 1.54) is 5.56 Å². The van der Waals surface area contributed by atoms with Crippen LogP contribution >= 0.6 is 31.9 Å². The van der Waals surface area contributed by atoms with Gasteiger partial charge in [0.15, 0.2) is 0 Å². The van der Waals surface area contributed by atoms with Crippen molar-refractivity contribution in [1.82, 2.24) is 0 Å². The largest absolute Gasteiger partial charge is 0.330 e. The Balaban J connectivity index is 2.72. The second-order valence-corrected chi connectivity index (χ2v) is 4.50. The second kappa shape index (κ2) is 5.00. The quantitative estimate of drug-likeness (QED) is 0.910. The summed E-state index contributed by atoms with van der Waals surface area (Å²) in [5.41, 5.74) is 6.75. The predicted molar refractivity (Wildman–Crippen MR) is 59.2 cm³/mol. The van der Waals surface area contributed by atoms with Gasteiger partial charge in [0.05, 0.1) is 0 Å². The lowest BCUT2D eigenvalue weighted by molar-refractivity contribution is 0.832. The molecule has 0 aromatic heterocycles. The molecule has 1 aromatic rings. The molecule has 2 N–H and O–H groups in total. The fourth-order valence-electron chi connectivity index (χ4n) is 1.06. The van der Waals surface area contributed by atoms with Crippen LogP contribution in [0.5, 0.6) is 0 Å². The Morgan fingerprint density at radius 3 is 2.17 bits per heavy atom. The van der Waals surface area contributed by atoms with E-state index in [9.17, 15) is 0 Å². The van der Waals surface area contributed by atoms with Gasteiger partial charge in [-0.1, -0.05) is 31.9 Å². The second-order valence-electron chi connectivity index (χ2n) is 2.67. The molecule has 0 saturated heterocycles. The summed E-state index contributed by atoms with van der Waals surface area (Å²) in [4.78, 5) is 0. The zero-order chi connectivity index (χ0) is 8.97. The maximum Gasteiger partial charge on any atom is 0.0189 e. The molecule has 0 heterocycles. The number of halogens is 2. The Morgan fingerprint density at radius 2 is 1.67 bits per heavy atom. The van der Waals surface area contributed by atoms with E-state index in [0.717, 1.165) is 28.3 Å². The highest BCUT2D eigenvalue weighted by atomic mass is 79.9. The van der Waals surface area contributed by atoms with Crippen molar-refractivity contribution in [3.8, 4) is 0 Å². The van der Waals surface area contributed by atoms with Crippen LogP contribution in [0.1, 0.15) is 12.0 Å². The Kier molecular flexibility index (Phi) is 4.26. The van der Waals surface area contributed by atoms with Gasteiger partial charge in [0.2, 0.25) is 0 Å². The first-order valence-electron chi connectivity index (χ1n) is 3.87. The molecule has 0 aliphatic heterocycles. The Hall–Kier alpha value is 0.140. The Bertz CT molecular complexity index is 240. The van der Waals surface area contributed by atoms with Crippen LogP contribution < -0.4 is 5.73 Å². The molecule has 0 amide bonds. The van der Waals surface area contributed by atoms with Gasteiger partial charge in [0.25, 0.3) is 0 Å². The summed E-state index contributed by atoms with van der Waals surface area (Å²) >= 11 is 6.89. The summed E-state index contributed by atoms with van der Waals surface area (Å²) in [5.74, 6) is 0. The van der Waals surface area contributed by atoms with Gasteiger partial charge in [0, 0.05) is 8.95 Å². The minimum atomic E-state index is 0.754. The monoisotopic (exact) mass is 291 g/mol. The summed E-state index contributed by atoms with van der Waals surface area (Å²) in [6.45, 7) is 0.754. The van der Waals surface area contributed by atoms with Crippen LogP contribution in [-0.2, 0) is 6.42 Å². The minimum Gasteiger partial charge on any atom is -0.330 e. The molecule has 3 heteroatoms. The van der Waals surface area contributed by atoms with Gasteiger partial charge in [-0.2, -0.15) is 0 Å². The Morgan fingerprint density at radius 1 is 1.08 bits per heavy atom. The predicted octanol–water partition coefficient (Wildman–Crippen LogP) is 3.10. The van der Waals surface area contributed by atoms with E-state index >= 15 is 0 Å². The first-order valence-corrected chi connectivity index (χ1v) is 5.46. The van der Waals surface area contributed by atoms with Crippen molar-refractivity contribution in [2.45, 2.75) is 12.8 Å². The van der Waals surface area contributed by atoms with Crippen molar-refractivity contribution in [2.75, 3.05) is 6.54 Å². The maximum absolute atomic E-state index is 5.43. The van der Waals surface area contributed by atoms with E-state index in [-0.39, 0.29) is 0 Å². The Labute approximate surface area is 89.6 Å². The van der Waals surface area contributed by atoms with Gasteiger partial charge < -0.3 is 5.73 Å². The van der Waals surface area contributed by atoms with E-state index in [0.29, 0.717) is 0 Å². The molecule has 1 aromatic carbocycles. The average molecular weight is 293 g/mol. The molecule has 1 rings (SSSR count). The molecule has 0 aliphatic rings. The van der Waals surface area contributed by atoms with E-state index in [4.69, 9.17) is 5.73 Å². The standard InChI is InChI=1S/C9H11Br2N/c10-8-4-7(2-1-3-12)5-9(11)6-8/h4-6H,1-3,12H2. The van der Waals surface area contributed by atoms with Crippen molar-refractivity contribution in [2.24, 2.45) is 5.73 Å². The van der Waals surface area contributed by atoms with Gasteiger partial charge in [-0.3, -0.25) is 0 Å². The number of nitrogens with two attached hydrogens (primary N) is 1. The molecule has 0 radical (unpaired) electrons. The van der Waals surface area contributed by atoms with Gasteiger partial charge in [-0.25, -0.2) is 0 Å². The molecular formula is C9H11Br2N. The van der Waals surface area contributed by atoms with Gasteiger partial charge in [-0.05, 0) is 43.1 Å². The molecule has 0 spiro atoms.